The first kappa shape index (κ1) is 24.0. The van der Waals surface area contributed by atoms with Crippen LogP contribution in [0, 0.1) is 11.7 Å². The van der Waals surface area contributed by atoms with Crippen molar-refractivity contribution in [2.75, 3.05) is 52.5 Å². The van der Waals surface area contributed by atoms with Crippen molar-refractivity contribution in [3.8, 4) is 0 Å². The van der Waals surface area contributed by atoms with Crippen molar-refractivity contribution < 1.29 is 13.9 Å². The first-order valence-corrected chi connectivity index (χ1v) is 12.8. The van der Waals surface area contributed by atoms with Crippen LogP contribution in [0.2, 0.25) is 0 Å². The molecule has 6 nitrogen and oxygen atoms in total. The zero-order valence-electron chi connectivity index (χ0n) is 20.3. The molecule has 1 amide bonds. The molecule has 1 aromatic heterocycles. The minimum absolute atomic E-state index is 0.0918. The molecule has 0 aliphatic carbocycles. The van der Waals surface area contributed by atoms with Gasteiger partial charge in [-0.15, -0.1) is 0 Å². The number of nitrogens with one attached hydrogen (secondary N) is 1. The number of para-hydroxylation sites is 1. The number of morpholine rings is 1. The predicted molar refractivity (Wildman–Crippen MR) is 136 cm³/mol. The molecule has 1 N–H and O–H groups in total. The summed E-state index contributed by atoms with van der Waals surface area (Å²) in [6, 6.07) is 17.5. The van der Waals surface area contributed by atoms with Gasteiger partial charge in [0.1, 0.15) is 5.82 Å². The summed E-state index contributed by atoms with van der Waals surface area (Å²) in [6.45, 7) is 8.35. The number of benzene rings is 2. The highest BCUT2D eigenvalue weighted by atomic mass is 19.1. The largest absolute Gasteiger partial charge is 0.379 e. The number of aromatic nitrogens is 1. The zero-order chi connectivity index (χ0) is 24.0. The smallest absolute Gasteiger partial charge is 0.223 e. The molecule has 2 aliphatic rings. The van der Waals surface area contributed by atoms with Gasteiger partial charge in [-0.1, -0.05) is 30.3 Å². The van der Waals surface area contributed by atoms with Crippen molar-refractivity contribution in [2.24, 2.45) is 5.92 Å². The van der Waals surface area contributed by atoms with E-state index < -0.39 is 0 Å². The molecule has 0 radical (unpaired) electrons. The molecule has 3 heterocycles. The molecule has 2 aromatic carbocycles. The Morgan fingerprint density at radius 2 is 1.74 bits per heavy atom. The number of ether oxygens (including phenoxy) is 1. The molecule has 0 saturated carbocycles. The van der Waals surface area contributed by atoms with Crippen molar-refractivity contribution in [2.45, 2.75) is 25.9 Å². The molecular weight excluding hydrogens is 443 g/mol. The fourth-order valence-corrected chi connectivity index (χ4v) is 5.29. The van der Waals surface area contributed by atoms with E-state index >= 15 is 0 Å². The number of halogens is 1. The number of carbonyl (C=O) groups is 1. The number of hydrogen-bond acceptors (Lipinski definition) is 4. The number of amides is 1. The lowest BCUT2D eigenvalue weighted by Gasteiger charge is -2.32. The van der Waals surface area contributed by atoms with Crippen LogP contribution in [-0.4, -0.2) is 72.8 Å². The van der Waals surface area contributed by atoms with Gasteiger partial charge in [-0.3, -0.25) is 14.6 Å². The SMILES string of the molecule is O=C(NCCN1CCOCC1)C1CCN(Cc2cc3ccccc3n2Cc2cccc(F)c2)CC1. The molecule has 0 bridgehead atoms. The Labute approximate surface area is 206 Å². The predicted octanol–water partition coefficient (Wildman–Crippen LogP) is 3.49. The van der Waals surface area contributed by atoms with Crippen LogP contribution in [0.3, 0.4) is 0 Å². The van der Waals surface area contributed by atoms with Crippen LogP contribution in [0.4, 0.5) is 4.39 Å². The van der Waals surface area contributed by atoms with E-state index in [0.717, 1.165) is 70.9 Å². The van der Waals surface area contributed by atoms with E-state index in [9.17, 15) is 9.18 Å². The molecule has 0 spiro atoms. The number of piperidine rings is 1. The lowest BCUT2D eigenvalue weighted by molar-refractivity contribution is -0.126. The zero-order valence-corrected chi connectivity index (χ0v) is 20.3. The second-order valence-electron chi connectivity index (χ2n) is 9.71. The topological polar surface area (TPSA) is 49.7 Å². The molecule has 0 atom stereocenters. The minimum atomic E-state index is -0.203. The van der Waals surface area contributed by atoms with E-state index in [-0.39, 0.29) is 17.6 Å². The number of carbonyl (C=O) groups excluding carboxylic acids is 1. The molecule has 3 aromatic rings. The van der Waals surface area contributed by atoms with Gasteiger partial charge >= 0.3 is 0 Å². The average Bonchev–Trinajstić information content (AvgIpc) is 3.22. The van der Waals surface area contributed by atoms with E-state index in [1.165, 1.54) is 22.7 Å². The first-order chi connectivity index (χ1) is 17.2. The fourth-order valence-electron chi connectivity index (χ4n) is 5.29. The van der Waals surface area contributed by atoms with Crippen LogP contribution in [0.1, 0.15) is 24.1 Å². The highest BCUT2D eigenvalue weighted by molar-refractivity contribution is 5.81. The van der Waals surface area contributed by atoms with E-state index in [2.05, 4.69) is 50.0 Å². The van der Waals surface area contributed by atoms with Crippen LogP contribution in [0.25, 0.3) is 10.9 Å². The molecular formula is C28H35FN4O2. The van der Waals surface area contributed by atoms with Gasteiger partial charge in [0.05, 0.1) is 13.2 Å². The van der Waals surface area contributed by atoms with Crippen molar-refractivity contribution in [3.63, 3.8) is 0 Å². The Morgan fingerprint density at radius 1 is 0.943 bits per heavy atom. The van der Waals surface area contributed by atoms with Gasteiger partial charge in [0, 0.05) is 56.4 Å². The Morgan fingerprint density at radius 3 is 2.54 bits per heavy atom. The maximum Gasteiger partial charge on any atom is 0.223 e. The highest BCUT2D eigenvalue weighted by Gasteiger charge is 2.25. The van der Waals surface area contributed by atoms with Crippen LogP contribution < -0.4 is 5.32 Å². The van der Waals surface area contributed by atoms with Gasteiger partial charge < -0.3 is 14.6 Å². The first-order valence-electron chi connectivity index (χ1n) is 12.8. The van der Waals surface area contributed by atoms with Crippen molar-refractivity contribution >= 4 is 16.8 Å². The van der Waals surface area contributed by atoms with Crippen molar-refractivity contribution in [1.82, 2.24) is 19.7 Å². The molecule has 35 heavy (non-hydrogen) atoms. The third kappa shape index (κ3) is 6.10. The molecule has 2 aliphatic heterocycles. The quantitative estimate of drug-likeness (QED) is 0.539. The van der Waals surface area contributed by atoms with Gasteiger partial charge in [0.2, 0.25) is 5.91 Å². The fraction of sp³-hybridized carbons (Fsp3) is 0.464. The molecule has 186 valence electrons. The van der Waals surface area contributed by atoms with Crippen LogP contribution in [-0.2, 0) is 22.6 Å². The third-order valence-corrected chi connectivity index (χ3v) is 7.30. The number of rotatable bonds is 8. The van der Waals surface area contributed by atoms with Crippen LogP contribution in [0.5, 0.6) is 0 Å². The molecule has 0 unspecified atom stereocenters. The number of fused-ring (bicyclic) bond motifs is 1. The van der Waals surface area contributed by atoms with Gasteiger partial charge in [-0.2, -0.15) is 0 Å². The number of nitrogens with zero attached hydrogens (tertiary/aromatic N) is 3. The summed E-state index contributed by atoms with van der Waals surface area (Å²) in [5.74, 6) is 0.0815. The molecule has 2 saturated heterocycles. The Bertz CT molecular complexity index is 1130. The Kier molecular flexibility index (Phi) is 7.76. The lowest BCUT2D eigenvalue weighted by atomic mass is 9.96. The summed E-state index contributed by atoms with van der Waals surface area (Å²) < 4.78 is 21.5. The highest BCUT2D eigenvalue weighted by Crippen LogP contribution is 2.25. The Balaban J connectivity index is 1.17. The van der Waals surface area contributed by atoms with Gasteiger partial charge in [-0.05, 0) is 61.1 Å². The lowest BCUT2D eigenvalue weighted by Crippen LogP contribution is -2.44. The third-order valence-electron chi connectivity index (χ3n) is 7.30. The standard InChI is InChI=1S/C28H35FN4O2/c29-25-6-3-4-22(18-25)20-33-26(19-24-5-1-2-7-27(24)33)21-32-11-8-23(9-12-32)28(34)30-10-13-31-14-16-35-17-15-31/h1-7,18-19,23H,8-17,20-21H2,(H,30,34). The molecule has 5 rings (SSSR count). The summed E-state index contributed by atoms with van der Waals surface area (Å²) in [5.41, 5.74) is 3.35. The monoisotopic (exact) mass is 478 g/mol. The summed E-state index contributed by atoms with van der Waals surface area (Å²) in [5, 5.41) is 4.35. The van der Waals surface area contributed by atoms with E-state index in [1.807, 2.05) is 6.07 Å². The van der Waals surface area contributed by atoms with Gasteiger partial charge in [0.15, 0.2) is 0 Å². The van der Waals surface area contributed by atoms with Crippen molar-refractivity contribution in [1.29, 1.82) is 0 Å². The number of hydrogen-bond donors (Lipinski definition) is 1. The summed E-state index contributed by atoms with van der Waals surface area (Å²) in [6.07, 6.45) is 1.76. The van der Waals surface area contributed by atoms with Crippen LogP contribution >= 0.6 is 0 Å². The maximum atomic E-state index is 13.8. The van der Waals surface area contributed by atoms with Gasteiger partial charge in [0.25, 0.3) is 0 Å². The summed E-state index contributed by atoms with van der Waals surface area (Å²) in [4.78, 5) is 17.5. The van der Waals surface area contributed by atoms with Crippen LogP contribution in [0.15, 0.2) is 54.6 Å². The number of likely N-dealkylation sites (tertiary alicyclic amines) is 1. The second-order valence-corrected chi connectivity index (χ2v) is 9.71. The minimum Gasteiger partial charge on any atom is -0.379 e. The van der Waals surface area contributed by atoms with E-state index in [0.29, 0.717) is 13.1 Å². The summed E-state index contributed by atoms with van der Waals surface area (Å²) in [7, 11) is 0. The summed E-state index contributed by atoms with van der Waals surface area (Å²) >= 11 is 0. The average molecular weight is 479 g/mol. The molecule has 2 fully saturated rings. The van der Waals surface area contributed by atoms with E-state index in [4.69, 9.17) is 4.74 Å². The maximum absolute atomic E-state index is 13.8. The Hall–Kier alpha value is -2.74. The van der Waals surface area contributed by atoms with Crippen molar-refractivity contribution in [3.05, 3.63) is 71.7 Å². The second kappa shape index (κ2) is 11.3. The van der Waals surface area contributed by atoms with E-state index in [1.54, 1.807) is 12.1 Å². The normalized spacial score (nSPS) is 18.2. The van der Waals surface area contributed by atoms with Gasteiger partial charge in [-0.25, -0.2) is 4.39 Å². The molecule has 7 heteroatoms.